The SMILES string of the molecule is CN(C(=O)c1ccc2nc(N)c3cncn3c2c1)[C@@H]1CSC(C)(C)c2cc(S(C)(=O)=O)ccc21. The number of nitrogens with zero attached hydrogens (tertiary/aromatic N) is 4. The molecule has 8 nitrogen and oxygen atoms in total. The Morgan fingerprint density at radius 1 is 1.21 bits per heavy atom. The summed E-state index contributed by atoms with van der Waals surface area (Å²) in [5.74, 6) is 0.960. The van der Waals surface area contributed by atoms with Gasteiger partial charge in [0, 0.05) is 29.4 Å². The first kappa shape index (κ1) is 22.7. The molecule has 0 unspecified atom stereocenters. The van der Waals surface area contributed by atoms with Gasteiger partial charge < -0.3 is 10.6 Å². The van der Waals surface area contributed by atoms with Gasteiger partial charge in [0.05, 0.1) is 34.5 Å². The number of fused-ring (bicyclic) bond motifs is 4. The van der Waals surface area contributed by atoms with E-state index in [-0.39, 0.29) is 16.7 Å². The molecule has 4 aromatic rings. The fourth-order valence-corrected chi connectivity index (χ4v) is 6.46. The van der Waals surface area contributed by atoms with Gasteiger partial charge in [-0.05, 0) is 55.3 Å². The van der Waals surface area contributed by atoms with Crippen molar-refractivity contribution in [2.45, 2.75) is 29.5 Å². The van der Waals surface area contributed by atoms with Crippen molar-refractivity contribution in [2.75, 3.05) is 24.8 Å². The maximum absolute atomic E-state index is 13.6. The average Bonchev–Trinajstić information content (AvgIpc) is 3.28. The Labute approximate surface area is 202 Å². The van der Waals surface area contributed by atoms with Crippen molar-refractivity contribution < 1.29 is 13.2 Å². The minimum Gasteiger partial charge on any atom is -0.382 e. The molecule has 0 bridgehead atoms. The van der Waals surface area contributed by atoms with Gasteiger partial charge in [-0.1, -0.05) is 6.07 Å². The lowest BCUT2D eigenvalue weighted by Gasteiger charge is -2.40. The highest BCUT2D eigenvalue weighted by Gasteiger charge is 2.37. The molecule has 2 N–H and O–H groups in total. The molecule has 0 saturated heterocycles. The van der Waals surface area contributed by atoms with E-state index >= 15 is 0 Å². The van der Waals surface area contributed by atoms with Crippen LogP contribution in [0, 0.1) is 0 Å². The van der Waals surface area contributed by atoms with Gasteiger partial charge in [-0.25, -0.2) is 18.4 Å². The molecule has 2 aromatic carbocycles. The predicted molar refractivity (Wildman–Crippen MR) is 135 cm³/mol. The molecule has 1 amide bonds. The average molecular weight is 496 g/mol. The Bertz CT molecular complexity index is 1580. The van der Waals surface area contributed by atoms with Crippen LogP contribution < -0.4 is 5.73 Å². The third-order valence-corrected chi connectivity index (χ3v) is 9.01. The lowest BCUT2D eigenvalue weighted by Crippen LogP contribution is -2.37. The van der Waals surface area contributed by atoms with Gasteiger partial charge in [-0.3, -0.25) is 9.20 Å². The monoisotopic (exact) mass is 495 g/mol. The lowest BCUT2D eigenvalue weighted by atomic mass is 9.91. The number of hydrogen-bond acceptors (Lipinski definition) is 7. The number of imidazole rings is 1. The number of rotatable bonds is 3. The molecule has 0 radical (unpaired) electrons. The van der Waals surface area contributed by atoms with E-state index in [1.807, 2.05) is 16.5 Å². The molecular formula is C24H25N5O3S2. The Kier molecular flexibility index (Phi) is 5.14. The Morgan fingerprint density at radius 2 is 1.97 bits per heavy atom. The van der Waals surface area contributed by atoms with Crippen LogP contribution in [-0.4, -0.2) is 52.6 Å². The molecule has 0 saturated carbocycles. The molecular weight excluding hydrogens is 470 g/mol. The first-order valence-electron chi connectivity index (χ1n) is 10.7. The van der Waals surface area contributed by atoms with Crippen LogP contribution in [0.15, 0.2) is 53.8 Å². The van der Waals surface area contributed by atoms with Crippen LogP contribution in [-0.2, 0) is 14.6 Å². The fraction of sp³-hybridized carbons (Fsp3) is 0.292. The molecule has 34 heavy (non-hydrogen) atoms. The van der Waals surface area contributed by atoms with Gasteiger partial charge in [0.1, 0.15) is 11.3 Å². The highest BCUT2D eigenvalue weighted by molar-refractivity contribution is 8.00. The molecule has 0 spiro atoms. The number of aromatic nitrogens is 3. The second-order valence-corrected chi connectivity index (χ2v) is 12.8. The first-order chi connectivity index (χ1) is 16.0. The normalized spacial score (nSPS) is 17.6. The summed E-state index contributed by atoms with van der Waals surface area (Å²) in [5, 5.41) is 0. The number of anilines is 1. The zero-order chi connectivity index (χ0) is 24.4. The summed E-state index contributed by atoms with van der Waals surface area (Å²) < 4.78 is 25.9. The topological polar surface area (TPSA) is 111 Å². The maximum Gasteiger partial charge on any atom is 0.254 e. The Balaban J connectivity index is 1.55. The van der Waals surface area contributed by atoms with Gasteiger partial charge >= 0.3 is 0 Å². The second-order valence-electron chi connectivity index (χ2n) is 9.12. The fourth-order valence-electron chi connectivity index (χ4n) is 4.51. The van der Waals surface area contributed by atoms with Gasteiger partial charge in [0.25, 0.3) is 5.91 Å². The molecule has 0 aliphatic carbocycles. The van der Waals surface area contributed by atoms with E-state index in [1.165, 1.54) is 6.26 Å². The van der Waals surface area contributed by atoms with Crippen molar-refractivity contribution >= 4 is 49.9 Å². The quantitative estimate of drug-likeness (QED) is 0.462. The molecule has 1 aliphatic heterocycles. The van der Waals surface area contributed by atoms with Crippen LogP contribution >= 0.6 is 11.8 Å². The number of benzene rings is 2. The van der Waals surface area contributed by atoms with Crippen molar-refractivity contribution in [1.29, 1.82) is 0 Å². The minimum absolute atomic E-state index is 0.129. The van der Waals surface area contributed by atoms with E-state index in [2.05, 4.69) is 23.8 Å². The Morgan fingerprint density at radius 3 is 2.71 bits per heavy atom. The molecule has 5 rings (SSSR count). The maximum atomic E-state index is 13.6. The second kappa shape index (κ2) is 7.71. The molecule has 176 valence electrons. The molecule has 1 atom stereocenters. The van der Waals surface area contributed by atoms with Crippen LogP contribution in [0.5, 0.6) is 0 Å². The summed E-state index contributed by atoms with van der Waals surface area (Å²) in [5.41, 5.74) is 10.6. The zero-order valence-corrected chi connectivity index (χ0v) is 20.9. The Hall–Kier alpha value is -3.11. The number of nitrogen functional groups attached to an aromatic ring is 1. The van der Waals surface area contributed by atoms with E-state index in [0.29, 0.717) is 33.1 Å². The number of thioether (sulfide) groups is 1. The van der Waals surface area contributed by atoms with Crippen LogP contribution in [0.4, 0.5) is 5.82 Å². The van der Waals surface area contributed by atoms with E-state index in [1.54, 1.807) is 60.5 Å². The van der Waals surface area contributed by atoms with E-state index < -0.39 is 9.84 Å². The summed E-state index contributed by atoms with van der Waals surface area (Å²) in [6.45, 7) is 4.16. The van der Waals surface area contributed by atoms with Gasteiger partial charge in [-0.2, -0.15) is 0 Å². The number of nitrogens with two attached hydrogens (primary N) is 1. The number of sulfone groups is 1. The van der Waals surface area contributed by atoms with Crippen molar-refractivity contribution in [3.05, 3.63) is 65.6 Å². The van der Waals surface area contributed by atoms with Crippen molar-refractivity contribution in [1.82, 2.24) is 19.3 Å². The van der Waals surface area contributed by atoms with E-state index in [0.717, 1.165) is 16.6 Å². The summed E-state index contributed by atoms with van der Waals surface area (Å²) in [6.07, 6.45) is 4.51. The molecule has 1 aliphatic rings. The van der Waals surface area contributed by atoms with Crippen molar-refractivity contribution in [3.63, 3.8) is 0 Å². The number of carbonyl (C=O) groups excluding carboxylic acids is 1. The largest absolute Gasteiger partial charge is 0.382 e. The third kappa shape index (κ3) is 3.61. The van der Waals surface area contributed by atoms with Crippen molar-refractivity contribution in [3.8, 4) is 0 Å². The first-order valence-corrected chi connectivity index (χ1v) is 13.6. The number of carbonyl (C=O) groups is 1. The summed E-state index contributed by atoms with van der Waals surface area (Å²) >= 11 is 1.71. The summed E-state index contributed by atoms with van der Waals surface area (Å²) in [7, 11) is -1.54. The van der Waals surface area contributed by atoms with Crippen LogP contribution in [0.1, 0.15) is 41.4 Å². The molecule has 10 heteroatoms. The number of hydrogen-bond donors (Lipinski definition) is 1. The predicted octanol–water partition coefficient (Wildman–Crippen LogP) is 3.66. The molecule has 0 fully saturated rings. The van der Waals surface area contributed by atoms with Gasteiger partial charge in [0.15, 0.2) is 9.84 Å². The van der Waals surface area contributed by atoms with E-state index in [9.17, 15) is 13.2 Å². The van der Waals surface area contributed by atoms with Crippen molar-refractivity contribution in [2.24, 2.45) is 0 Å². The van der Waals surface area contributed by atoms with Crippen LogP contribution in [0.25, 0.3) is 16.6 Å². The summed E-state index contributed by atoms with van der Waals surface area (Å²) in [6, 6.07) is 10.4. The molecule has 2 aromatic heterocycles. The standard InChI is InChI=1S/C24H25N5O3S2/c1-24(2)17-10-15(34(4,31)32)6-7-16(17)21(12-33-24)28(3)23(30)14-5-8-18-19(9-14)29-13-26-11-20(29)22(25)27-18/h5-11,13,21H,12H2,1-4H3,(H2,25,27)/t21-/m1/s1. The minimum atomic E-state index is -3.33. The summed E-state index contributed by atoms with van der Waals surface area (Å²) in [4.78, 5) is 24.2. The van der Waals surface area contributed by atoms with Gasteiger partial charge in [-0.15, -0.1) is 11.8 Å². The smallest absolute Gasteiger partial charge is 0.254 e. The highest BCUT2D eigenvalue weighted by Crippen LogP contribution is 2.48. The number of amides is 1. The molecule has 3 heterocycles. The highest BCUT2D eigenvalue weighted by atomic mass is 32.2. The zero-order valence-electron chi connectivity index (χ0n) is 19.3. The van der Waals surface area contributed by atoms with Crippen LogP contribution in [0.2, 0.25) is 0 Å². The third-order valence-electron chi connectivity index (χ3n) is 6.47. The van der Waals surface area contributed by atoms with Gasteiger partial charge in [0.2, 0.25) is 0 Å². The van der Waals surface area contributed by atoms with Crippen LogP contribution in [0.3, 0.4) is 0 Å². The van der Waals surface area contributed by atoms with E-state index in [4.69, 9.17) is 5.73 Å². The lowest BCUT2D eigenvalue weighted by molar-refractivity contribution is 0.0743.